The maximum atomic E-state index is 11.8. The predicted octanol–water partition coefficient (Wildman–Crippen LogP) is 1.22. The van der Waals surface area contributed by atoms with Gasteiger partial charge >= 0.3 is 0 Å². The summed E-state index contributed by atoms with van der Waals surface area (Å²) in [6.45, 7) is 1.98. The summed E-state index contributed by atoms with van der Waals surface area (Å²) in [6.07, 6.45) is 4.12. The lowest BCUT2D eigenvalue weighted by Gasteiger charge is -2.13. The van der Waals surface area contributed by atoms with Crippen molar-refractivity contribution in [2.45, 2.75) is 71.1 Å². The van der Waals surface area contributed by atoms with Crippen molar-refractivity contribution in [1.82, 2.24) is 10.2 Å². The molecule has 0 fully saturated rings. The zero-order valence-corrected chi connectivity index (χ0v) is 17.9. The molecular formula is C22H30N2O7. The molecule has 0 aromatic carbocycles. The highest BCUT2D eigenvalue weighted by atomic mass is 16.2. The van der Waals surface area contributed by atoms with E-state index in [1.165, 1.54) is 0 Å². The van der Waals surface area contributed by atoms with Crippen molar-refractivity contribution in [1.29, 1.82) is 0 Å². The summed E-state index contributed by atoms with van der Waals surface area (Å²) in [5.41, 5.74) is 0. The summed E-state index contributed by atoms with van der Waals surface area (Å²) in [7, 11) is 0. The molecule has 9 heteroatoms. The fourth-order valence-corrected chi connectivity index (χ4v) is 2.91. The number of nitrogens with one attached hydrogen (secondary N) is 1. The Morgan fingerprint density at radius 2 is 1.10 bits per heavy atom. The van der Waals surface area contributed by atoms with Crippen molar-refractivity contribution in [3.8, 4) is 0 Å². The molecule has 9 nitrogen and oxygen atoms in total. The molecule has 170 valence electrons. The first-order chi connectivity index (χ1) is 14.7. The van der Waals surface area contributed by atoms with Gasteiger partial charge in [0.25, 0.3) is 11.8 Å². The molecule has 0 atom stereocenters. The molecule has 0 saturated carbocycles. The fraction of sp³-hybridized carbons (Fsp3) is 0.591. The normalized spacial score (nSPS) is 12.9. The van der Waals surface area contributed by atoms with Crippen molar-refractivity contribution in [3.63, 3.8) is 0 Å². The third kappa shape index (κ3) is 11.1. The number of carbonyl (C=O) groups is 7. The smallest absolute Gasteiger partial charge is 0.253 e. The maximum absolute atomic E-state index is 11.8. The van der Waals surface area contributed by atoms with Gasteiger partial charge in [0.2, 0.25) is 5.91 Å². The molecule has 1 aliphatic rings. The molecule has 0 unspecified atom stereocenters. The Kier molecular flexibility index (Phi) is 11.9. The highest BCUT2D eigenvalue weighted by Crippen LogP contribution is 2.07. The second-order valence-electron chi connectivity index (χ2n) is 7.42. The first-order valence-corrected chi connectivity index (χ1v) is 10.6. The van der Waals surface area contributed by atoms with Crippen LogP contribution in [0, 0.1) is 0 Å². The minimum absolute atomic E-state index is 0.0234. The van der Waals surface area contributed by atoms with E-state index < -0.39 is 11.8 Å². The van der Waals surface area contributed by atoms with Gasteiger partial charge in [-0.05, 0) is 6.42 Å². The van der Waals surface area contributed by atoms with E-state index in [9.17, 15) is 33.6 Å². The van der Waals surface area contributed by atoms with E-state index in [1.807, 2.05) is 6.92 Å². The van der Waals surface area contributed by atoms with Crippen molar-refractivity contribution in [3.05, 3.63) is 12.2 Å². The second kappa shape index (κ2) is 14.1. The van der Waals surface area contributed by atoms with Gasteiger partial charge in [-0.25, -0.2) is 0 Å². The number of carbonyl (C=O) groups excluding carboxylic acids is 7. The molecule has 0 aromatic heterocycles. The number of amides is 3. The number of nitrogens with zero attached hydrogens (tertiary/aromatic N) is 1. The molecule has 0 spiro atoms. The minimum atomic E-state index is -0.454. The van der Waals surface area contributed by atoms with Crippen LogP contribution in [-0.4, -0.2) is 58.8 Å². The van der Waals surface area contributed by atoms with Gasteiger partial charge in [-0.3, -0.25) is 38.5 Å². The van der Waals surface area contributed by atoms with Crippen molar-refractivity contribution in [2.75, 3.05) is 13.1 Å². The lowest BCUT2D eigenvalue weighted by molar-refractivity contribution is -0.137. The zero-order valence-electron chi connectivity index (χ0n) is 17.9. The summed E-state index contributed by atoms with van der Waals surface area (Å²) in [5, 5.41) is 2.54. The Balaban J connectivity index is 2.09. The molecule has 3 amide bonds. The van der Waals surface area contributed by atoms with E-state index in [-0.39, 0.29) is 93.5 Å². The standard InChI is InChI=1S/C22H30N2O7/c1-2-3-16(25)4-5-17(26)6-7-18(27)8-9-19(28)12-14-23-20(29)13-15-24-21(30)10-11-22(24)31/h10-11H,2-9,12-15H2,1H3,(H,23,29). The molecule has 0 bridgehead atoms. The summed E-state index contributed by atoms with van der Waals surface area (Å²) in [6, 6.07) is 0. The Bertz CT molecular complexity index is 737. The van der Waals surface area contributed by atoms with Crippen molar-refractivity contribution >= 4 is 40.9 Å². The molecule has 1 heterocycles. The molecule has 0 saturated heterocycles. The topological polar surface area (TPSA) is 135 Å². The van der Waals surface area contributed by atoms with Crippen LogP contribution in [0.4, 0.5) is 0 Å². The summed E-state index contributed by atoms with van der Waals surface area (Å²) < 4.78 is 0. The third-order valence-electron chi connectivity index (χ3n) is 4.77. The van der Waals surface area contributed by atoms with Crippen LogP contribution in [-0.2, 0) is 33.6 Å². The van der Waals surface area contributed by atoms with Gasteiger partial charge in [0, 0.05) is 83.0 Å². The summed E-state index contributed by atoms with van der Waals surface area (Å²) >= 11 is 0. The van der Waals surface area contributed by atoms with Gasteiger partial charge in [-0.2, -0.15) is 0 Å². The van der Waals surface area contributed by atoms with Gasteiger partial charge in [-0.1, -0.05) is 6.92 Å². The average Bonchev–Trinajstić information content (AvgIpc) is 3.05. The monoisotopic (exact) mass is 434 g/mol. The van der Waals surface area contributed by atoms with Crippen LogP contribution in [0.2, 0.25) is 0 Å². The lowest BCUT2D eigenvalue weighted by atomic mass is 10.0. The average molecular weight is 434 g/mol. The van der Waals surface area contributed by atoms with Gasteiger partial charge in [0.1, 0.15) is 23.1 Å². The van der Waals surface area contributed by atoms with E-state index in [0.29, 0.717) is 6.42 Å². The van der Waals surface area contributed by atoms with E-state index in [0.717, 1.165) is 23.5 Å². The largest absolute Gasteiger partial charge is 0.356 e. The van der Waals surface area contributed by atoms with Crippen molar-refractivity contribution < 1.29 is 33.6 Å². The van der Waals surface area contributed by atoms with Crippen LogP contribution in [0.25, 0.3) is 0 Å². The molecule has 0 radical (unpaired) electrons. The van der Waals surface area contributed by atoms with E-state index >= 15 is 0 Å². The first-order valence-electron chi connectivity index (χ1n) is 10.6. The quantitative estimate of drug-likeness (QED) is 0.340. The highest BCUT2D eigenvalue weighted by Gasteiger charge is 2.23. The van der Waals surface area contributed by atoms with Crippen LogP contribution in [0.1, 0.15) is 71.1 Å². The Morgan fingerprint density at radius 1 is 0.677 bits per heavy atom. The van der Waals surface area contributed by atoms with Crippen LogP contribution < -0.4 is 5.32 Å². The molecule has 0 aliphatic carbocycles. The van der Waals surface area contributed by atoms with Crippen LogP contribution in [0.5, 0.6) is 0 Å². The first kappa shape index (κ1) is 26.1. The minimum Gasteiger partial charge on any atom is -0.356 e. The van der Waals surface area contributed by atoms with Gasteiger partial charge in [0.05, 0.1) is 0 Å². The molecule has 1 rings (SSSR count). The van der Waals surface area contributed by atoms with Crippen molar-refractivity contribution in [2.24, 2.45) is 0 Å². The zero-order chi connectivity index (χ0) is 23.2. The van der Waals surface area contributed by atoms with E-state index in [1.54, 1.807) is 0 Å². The molecular weight excluding hydrogens is 404 g/mol. The number of ketones is 4. The number of hydrogen-bond acceptors (Lipinski definition) is 7. The molecule has 0 aromatic rings. The highest BCUT2D eigenvalue weighted by molar-refractivity contribution is 6.13. The lowest BCUT2D eigenvalue weighted by Crippen LogP contribution is -2.35. The number of Topliss-reactive ketones (excluding diaryl/α,β-unsaturated/α-hetero) is 4. The third-order valence-corrected chi connectivity index (χ3v) is 4.77. The van der Waals surface area contributed by atoms with Crippen LogP contribution >= 0.6 is 0 Å². The van der Waals surface area contributed by atoms with E-state index in [2.05, 4.69) is 5.32 Å². The van der Waals surface area contributed by atoms with Crippen LogP contribution in [0.15, 0.2) is 12.2 Å². The SMILES string of the molecule is CCCC(=O)CCC(=O)CCC(=O)CCC(=O)CCNC(=O)CCN1C(=O)C=CC1=O. The van der Waals surface area contributed by atoms with Gasteiger partial charge < -0.3 is 5.32 Å². The summed E-state index contributed by atoms with van der Waals surface area (Å²) in [5.74, 6) is -1.73. The fourth-order valence-electron chi connectivity index (χ4n) is 2.91. The molecule has 31 heavy (non-hydrogen) atoms. The predicted molar refractivity (Wildman–Crippen MR) is 111 cm³/mol. The number of rotatable bonds is 17. The van der Waals surface area contributed by atoms with Gasteiger partial charge in [-0.15, -0.1) is 0 Å². The second-order valence-corrected chi connectivity index (χ2v) is 7.42. The molecule has 1 aliphatic heterocycles. The van der Waals surface area contributed by atoms with Crippen LogP contribution in [0.3, 0.4) is 0 Å². The molecule has 1 N–H and O–H groups in total. The Labute approximate surface area is 181 Å². The number of hydrogen-bond donors (Lipinski definition) is 1. The Hall–Kier alpha value is -2.97. The van der Waals surface area contributed by atoms with E-state index in [4.69, 9.17) is 0 Å². The maximum Gasteiger partial charge on any atom is 0.253 e. The Morgan fingerprint density at radius 3 is 1.55 bits per heavy atom. The van der Waals surface area contributed by atoms with Gasteiger partial charge in [0.15, 0.2) is 0 Å². The number of imide groups is 1. The summed E-state index contributed by atoms with van der Waals surface area (Å²) in [4.78, 5) is 82.3.